The summed E-state index contributed by atoms with van der Waals surface area (Å²) < 4.78 is 12.5. The van der Waals surface area contributed by atoms with E-state index in [1.165, 1.54) is 11.1 Å². The molecule has 0 saturated heterocycles. The van der Waals surface area contributed by atoms with Crippen LogP contribution in [0.4, 0.5) is 5.95 Å². The van der Waals surface area contributed by atoms with Gasteiger partial charge < -0.3 is 14.8 Å². The maximum atomic E-state index is 5.26. The first-order chi connectivity index (χ1) is 12.3. The molecule has 128 valence electrons. The molecule has 6 nitrogen and oxygen atoms in total. The SMILES string of the molecule is COc1ccc([C@@H]2C[C@@H](c3ccc(OC)cc3)n3ncnc3N2)cc1. The van der Waals surface area contributed by atoms with Crippen molar-refractivity contribution in [1.82, 2.24) is 14.8 Å². The summed E-state index contributed by atoms with van der Waals surface area (Å²) in [6.07, 6.45) is 2.48. The van der Waals surface area contributed by atoms with Gasteiger partial charge in [-0.05, 0) is 41.8 Å². The number of ether oxygens (including phenoxy) is 2. The summed E-state index contributed by atoms with van der Waals surface area (Å²) in [6.45, 7) is 0. The Morgan fingerprint density at radius 1 is 0.920 bits per heavy atom. The normalized spacial score (nSPS) is 19.0. The third kappa shape index (κ3) is 2.91. The highest BCUT2D eigenvalue weighted by Crippen LogP contribution is 2.37. The van der Waals surface area contributed by atoms with Crippen LogP contribution >= 0.6 is 0 Å². The molecule has 0 saturated carbocycles. The average molecular weight is 336 g/mol. The zero-order valence-corrected chi connectivity index (χ0v) is 14.2. The Morgan fingerprint density at radius 3 is 2.12 bits per heavy atom. The molecule has 0 radical (unpaired) electrons. The molecule has 2 atom stereocenters. The van der Waals surface area contributed by atoms with Gasteiger partial charge in [0.05, 0.1) is 26.3 Å². The Bertz CT molecular complexity index is 843. The minimum absolute atomic E-state index is 0.122. The molecule has 1 aliphatic rings. The summed E-state index contributed by atoms with van der Waals surface area (Å²) in [5, 5.41) is 7.88. The van der Waals surface area contributed by atoms with Crippen molar-refractivity contribution in [2.24, 2.45) is 0 Å². The van der Waals surface area contributed by atoms with E-state index in [1.54, 1.807) is 20.5 Å². The fraction of sp³-hybridized carbons (Fsp3) is 0.263. The third-order valence-electron chi connectivity index (χ3n) is 4.65. The number of methoxy groups -OCH3 is 2. The van der Waals surface area contributed by atoms with E-state index in [9.17, 15) is 0 Å². The minimum Gasteiger partial charge on any atom is -0.497 e. The summed E-state index contributed by atoms with van der Waals surface area (Å²) in [6, 6.07) is 16.6. The maximum absolute atomic E-state index is 5.26. The molecule has 0 amide bonds. The van der Waals surface area contributed by atoms with Crippen molar-refractivity contribution in [2.75, 3.05) is 19.5 Å². The third-order valence-corrected chi connectivity index (χ3v) is 4.65. The molecule has 2 aromatic carbocycles. The Balaban J connectivity index is 1.66. The number of hydrogen-bond acceptors (Lipinski definition) is 5. The van der Waals surface area contributed by atoms with E-state index in [2.05, 4.69) is 39.7 Å². The van der Waals surface area contributed by atoms with Gasteiger partial charge in [0.25, 0.3) is 0 Å². The first kappa shape index (κ1) is 15.5. The molecule has 1 N–H and O–H groups in total. The molecule has 1 aliphatic heterocycles. The van der Waals surface area contributed by atoms with E-state index < -0.39 is 0 Å². The lowest BCUT2D eigenvalue weighted by molar-refractivity contribution is 0.410. The summed E-state index contributed by atoms with van der Waals surface area (Å²) in [5.74, 6) is 2.49. The molecule has 0 spiro atoms. The molecule has 0 fully saturated rings. The van der Waals surface area contributed by atoms with Crippen LogP contribution in [0, 0.1) is 0 Å². The Labute approximate surface area is 146 Å². The van der Waals surface area contributed by atoms with Crippen LogP contribution in [0.3, 0.4) is 0 Å². The summed E-state index contributed by atoms with van der Waals surface area (Å²) in [5.41, 5.74) is 2.39. The van der Waals surface area contributed by atoms with Crippen molar-refractivity contribution in [1.29, 1.82) is 0 Å². The van der Waals surface area contributed by atoms with Crippen molar-refractivity contribution in [2.45, 2.75) is 18.5 Å². The molecule has 0 aliphatic carbocycles. The van der Waals surface area contributed by atoms with Gasteiger partial charge in [-0.1, -0.05) is 24.3 Å². The van der Waals surface area contributed by atoms with Gasteiger partial charge in [0, 0.05) is 0 Å². The van der Waals surface area contributed by atoms with E-state index in [0.717, 1.165) is 23.9 Å². The van der Waals surface area contributed by atoms with Crippen molar-refractivity contribution in [3.8, 4) is 11.5 Å². The molecule has 4 rings (SSSR count). The van der Waals surface area contributed by atoms with Gasteiger partial charge in [-0.3, -0.25) is 0 Å². The number of nitrogens with zero attached hydrogens (tertiary/aromatic N) is 3. The minimum atomic E-state index is 0.122. The smallest absolute Gasteiger partial charge is 0.222 e. The fourth-order valence-electron chi connectivity index (χ4n) is 3.28. The molecule has 3 aromatic rings. The Kier molecular flexibility index (Phi) is 4.01. The lowest BCUT2D eigenvalue weighted by Crippen LogP contribution is -2.28. The highest BCUT2D eigenvalue weighted by molar-refractivity contribution is 5.40. The number of rotatable bonds is 4. The largest absolute Gasteiger partial charge is 0.497 e. The first-order valence-electron chi connectivity index (χ1n) is 8.22. The summed E-state index contributed by atoms with van der Waals surface area (Å²) >= 11 is 0. The van der Waals surface area contributed by atoms with Crippen molar-refractivity contribution >= 4 is 5.95 Å². The zero-order chi connectivity index (χ0) is 17.2. The second-order valence-electron chi connectivity index (χ2n) is 6.02. The maximum Gasteiger partial charge on any atom is 0.222 e. The second kappa shape index (κ2) is 6.47. The predicted molar refractivity (Wildman–Crippen MR) is 95.1 cm³/mol. The molecule has 1 aromatic heterocycles. The fourth-order valence-corrected chi connectivity index (χ4v) is 3.28. The van der Waals surface area contributed by atoms with Crippen LogP contribution in [-0.2, 0) is 0 Å². The molecule has 0 unspecified atom stereocenters. The van der Waals surface area contributed by atoms with Gasteiger partial charge in [-0.2, -0.15) is 10.1 Å². The monoisotopic (exact) mass is 336 g/mol. The Hall–Kier alpha value is -3.02. The highest BCUT2D eigenvalue weighted by Gasteiger charge is 2.29. The van der Waals surface area contributed by atoms with Gasteiger partial charge >= 0.3 is 0 Å². The van der Waals surface area contributed by atoms with E-state index in [-0.39, 0.29) is 12.1 Å². The van der Waals surface area contributed by atoms with Gasteiger partial charge in [-0.25, -0.2) is 4.68 Å². The number of fused-ring (bicyclic) bond motifs is 1. The number of benzene rings is 2. The van der Waals surface area contributed by atoms with Crippen molar-refractivity contribution in [3.05, 3.63) is 66.0 Å². The molecular weight excluding hydrogens is 316 g/mol. The van der Waals surface area contributed by atoms with Crippen LogP contribution in [0.25, 0.3) is 0 Å². The molecule has 2 heterocycles. The van der Waals surface area contributed by atoms with E-state index in [4.69, 9.17) is 9.47 Å². The number of hydrogen-bond donors (Lipinski definition) is 1. The quantitative estimate of drug-likeness (QED) is 0.791. The van der Waals surface area contributed by atoms with E-state index in [1.807, 2.05) is 28.9 Å². The van der Waals surface area contributed by atoms with Crippen LogP contribution in [-0.4, -0.2) is 29.0 Å². The predicted octanol–water partition coefficient (Wildman–Crippen LogP) is 3.44. The molecule has 0 bridgehead atoms. The first-order valence-corrected chi connectivity index (χ1v) is 8.22. The number of nitrogens with one attached hydrogen (secondary N) is 1. The Morgan fingerprint density at radius 2 is 1.52 bits per heavy atom. The van der Waals surface area contributed by atoms with Crippen molar-refractivity contribution in [3.63, 3.8) is 0 Å². The molecule has 25 heavy (non-hydrogen) atoms. The highest BCUT2D eigenvalue weighted by atomic mass is 16.5. The van der Waals surface area contributed by atoms with Gasteiger partial charge in [-0.15, -0.1) is 0 Å². The number of aromatic nitrogens is 3. The van der Waals surface area contributed by atoms with Crippen LogP contribution in [0.1, 0.15) is 29.6 Å². The lowest BCUT2D eigenvalue weighted by Gasteiger charge is -2.32. The van der Waals surface area contributed by atoms with Crippen molar-refractivity contribution < 1.29 is 9.47 Å². The van der Waals surface area contributed by atoms with Crippen LogP contribution in [0.2, 0.25) is 0 Å². The topological polar surface area (TPSA) is 61.2 Å². The van der Waals surface area contributed by atoms with E-state index in [0.29, 0.717) is 0 Å². The number of anilines is 1. The summed E-state index contributed by atoms with van der Waals surface area (Å²) in [7, 11) is 3.35. The molecule has 6 heteroatoms. The van der Waals surface area contributed by atoms with Crippen LogP contribution in [0.5, 0.6) is 11.5 Å². The van der Waals surface area contributed by atoms with Gasteiger partial charge in [0.2, 0.25) is 5.95 Å². The van der Waals surface area contributed by atoms with Gasteiger partial charge in [0.1, 0.15) is 17.8 Å². The second-order valence-corrected chi connectivity index (χ2v) is 6.02. The van der Waals surface area contributed by atoms with Crippen LogP contribution < -0.4 is 14.8 Å². The standard InChI is InChI=1S/C19H20N4O2/c1-24-15-7-3-13(4-8-15)17-11-18(23-19(22-17)20-12-21-23)14-5-9-16(25-2)10-6-14/h3-10,12,17-18H,11H2,1-2H3,(H,20,21,22)/t17-,18-/m0/s1. The molecular formula is C19H20N4O2. The van der Waals surface area contributed by atoms with E-state index >= 15 is 0 Å². The average Bonchev–Trinajstić information content (AvgIpc) is 3.16. The zero-order valence-electron chi connectivity index (χ0n) is 14.2. The summed E-state index contributed by atoms with van der Waals surface area (Å²) in [4.78, 5) is 4.37. The van der Waals surface area contributed by atoms with Gasteiger partial charge in [0.15, 0.2) is 0 Å². The lowest BCUT2D eigenvalue weighted by atomic mass is 9.93. The van der Waals surface area contributed by atoms with Crippen LogP contribution in [0.15, 0.2) is 54.9 Å².